The topological polar surface area (TPSA) is 80.7 Å². The van der Waals surface area contributed by atoms with Crippen LogP contribution in [0.3, 0.4) is 0 Å². The predicted molar refractivity (Wildman–Crippen MR) is 77.3 cm³/mol. The lowest BCUT2D eigenvalue weighted by Crippen LogP contribution is -2.45. The number of aromatic nitrogens is 1. The van der Waals surface area contributed by atoms with Crippen molar-refractivity contribution < 1.29 is 23.1 Å². The van der Waals surface area contributed by atoms with Crippen molar-refractivity contribution in [1.29, 1.82) is 0 Å². The van der Waals surface area contributed by atoms with Crippen LogP contribution >= 0.6 is 0 Å². The first-order chi connectivity index (χ1) is 10.8. The van der Waals surface area contributed by atoms with Crippen LogP contribution in [0.2, 0.25) is 0 Å². The fourth-order valence-corrected chi connectivity index (χ4v) is 2.23. The van der Waals surface area contributed by atoms with E-state index in [4.69, 9.17) is 5.73 Å². The zero-order valence-corrected chi connectivity index (χ0v) is 11.7. The second-order valence-electron chi connectivity index (χ2n) is 5.10. The second-order valence-corrected chi connectivity index (χ2v) is 5.10. The van der Waals surface area contributed by atoms with Gasteiger partial charge in [-0.1, -0.05) is 29.4 Å². The first kappa shape index (κ1) is 15.3. The lowest BCUT2D eigenvalue weighted by Gasteiger charge is -2.22. The number of oxime groups is 1. The largest absolute Gasteiger partial charge is 0.458 e. The number of halogens is 3. The van der Waals surface area contributed by atoms with Crippen LogP contribution in [0.25, 0.3) is 11.1 Å². The second kappa shape index (κ2) is 5.24. The van der Waals surface area contributed by atoms with E-state index in [2.05, 4.69) is 15.0 Å². The average Bonchev–Trinajstić information content (AvgIpc) is 2.92. The van der Waals surface area contributed by atoms with E-state index in [0.29, 0.717) is 11.4 Å². The van der Waals surface area contributed by atoms with Crippen molar-refractivity contribution >= 4 is 11.5 Å². The molecule has 0 aliphatic carbocycles. The summed E-state index contributed by atoms with van der Waals surface area (Å²) in [4.78, 5) is 8.17. The number of alkyl halides is 3. The molecule has 8 heteroatoms. The van der Waals surface area contributed by atoms with E-state index in [1.165, 1.54) is 0 Å². The Balaban J connectivity index is 1.83. The summed E-state index contributed by atoms with van der Waals surface area (Å²) < 4.78 is 38.1. The van der Waals surface area contributed by atoms with E-state index in [0.717, 1.165) is 11.1 Å². The van der Waals surface area contributed by atoms with Gasteiger partial charge < -0.3 is 15.7 Å². The van der Waals surface area contributed by atoms with E-state index in [9.17, 15) is 18.3 Å². The van der Waals surface area contributed by atoms with Crippen LogP contribution in [0.1, 0.15) is 12.0 Å². The van der Waals surface area contributed by atoms with Crippen molar-refractivity contribution in [3.63, 3.8) is 0 Å². The van der Waals surface area contributed by atoms with Crippen molar-refractivity contribution in [3.05, 3.63) is 48.2 Å². The highest BCUT2D eigenvalue weighted by Crippen LogP contribution is 2.39. The van der Waals surface area contributed by atoms with Gasteiger partial charge in [0.15, 0.2) is 0 Å². The first-order valence-electron chi connectivity index (χ1n) is 6.66. The average molecular weight is 323 g/mol. The van der Waals surface area contributed by atoms with Gasteiger partial charge in [0.05, 0.1) is 12.1 Å². The molecule has 1 aliphatic heterocycles. The highest BCUT2D eigenvalue weighted by Gasteiger charge is 2.60. The molecule has 1 aromatic heterocycles. The number of pyridine rings is 1. The van der Waals surface area contributed by atoms with Gasteiger partial charge in [0.1, 0.15) is 5.82 Å². The van der Waals surface area contributed by atoms with Gasteiger partial charge >= 0.3 is 12.0 Å². The number of hydrogen-bond acceptors (Lipinski definition) is 5. The Labute approximate surface area is 129 Å². The van der Waals surface area contributed by atoms with Gasteiger partial charge in [-0.25, -0.2) is 4.98 Å². The molecule has 0 bridgehead atoms. The molecule has 0 saturated heterocycles. The summed E-state index contributed by atoms with van der Waals surface area (Å²) in [6.07, 6.45) is -4.11. The number of nitrogens with zero attached hydrogens (tertiary/aromatic N) is 2. The minimum atomic E-state index is -4.91. The van der Waals surface area contributed by atoms with Gasteiger partial charge in [-0.2, -0.15) is 13.2 Å². The number of nitrogens with two attached hydrogens (primary N) is 1. The Morgan fingerprint density at radius 1 is 1.13 bits per heavy atom. The van der Waals surface area contributed by atoms with Gasteiger partial charge in [-0.15, -0.1) is 0 Å². The lowest BCUT2D eigenvalue weighted by atomic mass is 9.99. The zero-order valence-electron chi connectivity index (χ0n) is 11.7. The monoisotopic (exact) mass is 323 g/mol. The molecule has 0 radical (unpaired) electrons. The number of nitrogen functional groups attached to an aromatic ring is 1. The van der Waals surface area contributed by atoms with Gasteiger partial charge in [-0.3, -0.25) is 0 Å². The fourth-order valence-electron chi connectivity index (χ4n) is 2.23. The van der Waals surface area contributed by atoms with Crippen LogP contribution in [0.5, 0.6) is 0 Å². The van der Waals surface area contributed by atoms with Gasteiger partial charge in [-0.05, 0) is 23.3 Å². The molecule has 5 nitrogen and oxygen atoms in total. The molecule has 120 valence electrons. The van der Waals surface area contributed by atoms with Gasteiger partial charge in [0, 0.05) is 11.8 Å². The minimum Gasteiger partial charge on any atom is -0.383 e. The summed E-state index contributed by atoms with van der Waals surface area (Å²) in [5.74, 6) is -2.91. The van der Waals surface area contributed by atoms with Gasteiger partial charge in [0.25, 0.3) is 0 Å². The Morgan fingerprint density at radius 2 is 1.78 bits per heavy atom. The van der Waals surface area contributed by atoms with Crippen molar-refractivity contribution in [1.82, 2.24) is 4.98 Å². The van der Waals surface area contributed by atoms with Crippen LogP contribution in [-0.2, 0) is 4.84 Å². The standard InChI is InChI=1S/C15H12F3N3O2/c16-15(17,18)14(22)8-12(21-23-14)10-5-3-9(4-6-10)11-2-1-7-20-13(11)19/h1-7,22H,8H2,(H2,19,20). The van der Waals surface area contributed by atoms with Crippen LogP contribution in [0, 0.1) is 0 Å². The molecule has 1 unspecified atom stereocenters. The van der Waals surface area contributed by atoms with Crippen molar-refractivity contribution in [2.24, 2.45) is 5.16 Å². The predicted octanol–water partition coefficient (Wildman–Crippen LogP) is 2.71. The van der Waals surface area contributed by atoms with Crippen molar-refractivity contribution in [2.45, 2.75) is 18.4 Å². The summed E-state index contributed by atoms with van der Waals surface area (Å²) in [5.41, 5.74) is 7.72. The first-order valence-corrected chi connectivity index (χ1v) is 6.66. The molecule has 1 aliphatic rings. The third-order valence-corrected chi connectivity index (χ3v) is 3.52. The minimum absolute atomic E-state index is 0.0236. The molecule has 0 saturated carbocycles. The third-order valence-electron chi connectivity index (χ3n) is 3.52. The Bertz CT molecular complexity index is 759. The molecule has 2 aromatic rings. The molecule has 2 heterocycles. The number of rotatable bonds is 2. The van der Waals surface area contributed by atoms with E-state index in [1.807, 2.05) is 0 Å². The summed E-state index contributed by atoms with van der Waals surface area (Å²) in [6.45, 7) is 0. The molecule has 23 heavy (non-hydrogen) atoms. The molecule has 3 rings (SSSR count). The molecule has 1 atom stereocenters. The van der Waals surface area contributed by atoms with Crippen LogP contribution < -0.4 is 5.73 Å². The fraction of sp³-hybridized carbons (Fsp3) is 0.200. The lowest BCUT2D eigenvalue weighted by molar-refractivity contribution is -0.355. The van der Waals surface area contributed by atoms with Crippen molar-refractivity contribution in [3.8, 4) is 11.1 Å². The van der Waals surface area contributed by atoms with Crippen LogP contribution in [0.4, 0.5) is 19.0 Å². The maximum Gasteiger partial charge on any atom is 0.458 e. The van der Waals surface area contributed by atoms with E-state index >= 15 is 0 Å². The zero-order chi connectivity index (χ0) is 16.7. The quantitative estimate of drug-likeness (QED) is 0.890. The highest BCUT2D eigenvalue weighted by atomic mass is 19.4. The molecular weight excluding hydrogens is 311 g/mol. The molecule has 0 spiro atoms. The molecule has 3 N–H and O–H groups in total. The summed E-state index contributed by atoms with van der Waals surface area (Å²) in [7, 11) is 0. The SMILES string of the molecule is Nc1ncccc1-c1ccc(C2=NOC(O)(C(F)(F)F)C2)cc1. The maximum atomic E-state index is 12.7. The van der Waals surface area contributed by atoms with E-state index in [-0.39, 0.29) is 5.71 Å². The number of aliphatic hydroxyl groups is 1. The van der Waals surface area contributed by atoms with Crippen molar-refractivity contribution in [2.75, 3.05) is 5.73 Å². The molecule has 0 fully saturated rings. The smallest absolute Gasteiger partial charge is 0.383 e. The maximum absolute atomic E-state index is 12.7. The number of anilines is 1. The normalized spacial score (nSPS) is 21.0. The molecule has 0 amide bonds. The summed E-state index contributed by atoms with van der Waals surface area (Å²) >= 11 is 0. The Morgan fingerprint density at radius 3 is 2.35 bits per heavy atom. The Hall–Kier alpha value is -2.61. The summed E-state index contributed by atoms with van der Waals surface area (Å²) in [5, 5.41) is 12.8. The molecular formula is C15H12F3N3O2. The van der Waals surface area contributed by atoms with E-state index < -0.39 is 18.4 Å². The third kappa shape index (κ3) is 2.72. The number of benzene rings is 1. The highest BCUT2D eigenvalue weighted by molar-refractivity contribution is 6.02. The Kier molecular flexibility index (Phi) is 3.48. The number of hydrogen-bond donors (Lipinski definition) is 2. The summed E-state index contributed by atoms with van der Waals surface area (Å²) in [6, 6.07) is 10.1. The van der Waals surface area contributed by atoms with Gasteiger partial charge in [0.2, 0.25) is 0 Å². The molecule has 1 aromatic carbocycles. The van der Waals surface area contributed by atoms with Crippen LogP contribution in [-0.4, -0.2) is 27.8 Å². The van der Waals surface area contributed by atoms with E-state index in [1.54, 1.807) is 42.6 Å². The van der Waals surface area contributed by atoms with Crippen LogP contribution in [0.15, 0.2) is 47.8 Å².